The van der Waals surface area contributed by atoms with E-state index in [9.17, 15) is 18.4 Å². The molecule has 0 aromatic heterocycles. The van der Waals surface area contributed by atoms with E-state index >= 15 is 0 Å². The smallest absolute Gasteiger partial charge is 0.311 e. The first-order chi connectivity index (χ1) is 24.9. The van der Waals surface area contributed by atoms with E-state index < -0.39 is 0 Å². The van der Waals surface area contributed by atoms with Crippen LogP contribution in [0.3, 0.4) is 0 Å². The fraction of sp³-hybridized carbons (Fsp3) is 0.682. The molecule has 52 heavy (non-hydrogen) atoms. The maximum atomic E-state index is 14.9. The van der Waals surface area contributed by atoms with Gasteiger partial charge in [-0.2, -0.15) is 0 Å². The first kappa shape index (κ1) is 40.3. The molecule has 2 aromatic rings. The Labute approximate surface area is 311 Å². The lowest BCUT2D eigenvalue weighted by Gasteiger charge is -2.47. The second-order valence-electron chi connectivity index (χ2n) is 16.7. The Morgan fingerprint density at radius 3 is 1.54 bits per heavy atom. The topological polar surface area (TPSA) is 105 Å². The Hall–Kier alpha value is -2.84. The fourth-order valence-electron chi connectivity index (χ4n) is 9.65. The molecule has 8 heteroatoms. The van der Waals surface area contributed by atoms with Crippen LogP contribution in [-0.2, 0) is 33.3 Å². The molecule has 4 aliphatic rings. The Morgan fingerprint density at radius 2 is 1.10 bits per heavy atom. The minimum Gasteiger partial charge on any atom is -0.426 e. The molecule has 2 saturated carbocycles. The van der Waals surface area contributed by atoms with Gasteiger partial charge < -0.3 is 20.9 Å². The van der Waals surface area contributed by atoms with E-state index in [1.807, 2.05) is 19.1 Å². The van der Waals surface area contributed by atoms with Crippen molar-refractivity contribution in [2.75, 3.05) is 0 Å². The molecule has 2 fully saturated rings. The summed E-state index contributed by atoms with van der Waals surface area (Å²) in [7, 11) is 0. The molecule has 0 amide bonds. The number of nitrogens with two attached hydrogens (primary N) is 2. The third-order valence-electron chi connectivity index (χ3n) is 13.0. The van der Waals surface area contributed by atoms with Gasteiger partial charge in [0.15, 0.2) is 0 Å². The summed E-state index contributed by atoms with van der Waals surface area (Å²) in [5.74, 6) is 0.277. The van der Waals surface area contributed by atoms with Gasteiger partial charge in [-0.05, 0) is 97.6 Å². The van der Waals surface area contributed by atoms with E-state index in [4.69, 9.17) is 20.9 Å². The number of rotatable bonds is 10. The van der Waals surface area contributed by atoms with Crippen molar-refractivity contribution in [3.8, 4) is 11.5 Å². The molecule has 4 N–H and O–H groups in total. The van der Waals surface area contributed by atoms with Crippen molar-refractivity contribution < 1.29 is 27.8 Å². The number of fused-ring (bicyclic) bond motifs is 8. The van der Waals surface area contributed by atoms with Crippen LogP contribution < -0.4 is 20.9 Å². The first-order valence-electron chi connectivity index (χ1n) is 20.5. The van der Waals surface area contributed by atoms with E-state index in [0.29, 0.717) is 49.0 Å². The number of ether oxygens (including phenoxy) is 2. The third-order valence-corrected chi connectivity index (χ3v) is 13.0. The summed E-state index contributed by atoms with van der Waals surface area (Å²) in [6.07, 6.45) is 19.0. The van der Waals surface area contributed by atoms with E-state index in [1.165, 1.54) is 37.8 Å². The van der Waals surface area contributed by atoms with Crippen molar-refractivity contribution in [1.82, 2.24) is 0 Å². The van der Waals surface area contributed by atoms with Crippen molar-refractivity contribution in [2.45, 2.75) is 179 Å². The molecule has 0 radical (unpaired) electrons. The molecule has 0 aliphatic heterocycles. The largest absolute Gasteiger partial charge is 0.426 e. The average molecular weight is 723 g/mol. The number of hydrogen-bond acceptors (Lipinski definition) is 6. The van der Waals surface area contributed by atoms with Crippen LogP contribution in [-0.4, -0.2) is 24.0 Å². The van der Waals surface area contributed by atoms with Crippen LogP contribution in [0.2, 0.25) is 0 Å². The highest BCUT2D eigenvalue weighted by molar-refractivity contribution is 5.73. The Morgan fingerprint density at radius 1 is 0.654 bits per heavy atom. The number of hydrogen-bond donors (Lipinski definition) is 2. The number of halogens is 2. The Balaban J connectivity index is 0.000000202. The minimum absolute atomic E-state index is 0.0321. The molecule has 4 bridgehead atoms. The predicted molar refractivity (Wildman–Crippen MR) is 204 cm³/mol. The van der Waals surface area contributed by atoms with Gasteiger partial charge in [0.2, 0.25) is 0 Å². The van der Waals surface area contributed by atoms with Gasteiger partial charge in [-0.3, -0.25) is 9.59 Å². The SMILES string of the molecule is CCCCC(=O)Oc1cc(F)c2c(c1)[C@@]1(C)CCCCC[C@@H](C2)[C@@H]1N.CCCCCCC(=O)Oc1cc(F)c2c(c1)[C@@]1(C)CCCCC[C@@H](C2)[C@@H]1N. The highest BCUT2D eigenvalue weighted by atomic mass is 19.1. The summed E-state index contributed by atoms with van der Waals surface area (Å²) in [4.78, 5) is 24.1. The number of carbonyl (C=O) groups is 2. The maximum Gasteiger partial charge on any atom is 0.311 e. The lowest BCUT2D eigenvalue weighted by Crippen LogP contribution is -2.53. The van der Waals surface area contributed by atoms with Crippen molar-refractivity contribution in [3.63, 3.8) is 0 Å². The fourth-order valence-corrected chi connectivity index (χ4v) is 9.65. The standard InChI is InChI=1S/C23H34FNO2.C21H30FNO2/c1-3-4-5-8-11-21(26)27-17-14-19-18(20(24)15-17)13-16-10-7-6-9-12-23(19,2)22(16)25;1-3-4-9-19(24)25-15-12-17-16(18(22)13-15)11-14-8-6-5-7-10-21(17,2)20(14)23/h14-16,22H,3-13,25H2,1-2H3;12-14,20H,3-11,23H2,1-2H3/t16-,22-,23+;14-,20-,21+/m00/s1. The molecular weight excluding hydrogens is 658 g/mol. The van der Waals surface area contributed by atoms with Gasteiger partial charge in [0, 0.05) is 47.9 Å². The molecule has 4 aliphatic carbocycles. The molecule has 0 saturated heterocycles. The second kappa shape index (κ2) is 18.0. The minimum atomic E-state index is -0.290. The van der Waals surface area contributed by atoms with Crippen molar-refractivity contribution in [2.24, 2.45) is 23.3 Å². The summed E-state index contributed by atoms with van der Waals surface area (Å²) in [5, 5.41) is 0. The van der Waals surface area contributed by atoms with Crippen molar-refractivity contribution in [3.05, 3.63) is 58.2 Å². The zero-order valence-electron chi connectivity index (χ0n) is 32.3. The molecule has 288 valence electrons. The number of benzene rings is 2. The van der Waals surface area contributed by atoms with E-state index in [1.54, 1.807) is 0 Å². The normalized spacial score (nSPS) is 28.0. The van der Waals surface area contributed by atoms with Gasteiger partial charge in [-0.1, -0.05) is 91.9 Å². The quantitative estimate of drug-likeness (QED) is 0.144. The molecule has 0 heterocycles. The van der Waals surface area contributed by atoms with Crippen LogP contribution in [0.25, 0.3) is 0 Å². The lowest BCUT2D eigenvalue weighted by atomic mass is 9.60. The maximum absolute atomic E-state index is 14.9. The average Bonchev–Trinajstić information content (AvgIpc) is 3.10. The van der Waals surface area contributed by atoms with Crippen LogP contribution in [0.1, 0.15) is 166 Å². The van der Waals surface area contributed by atoms with Crippen LogP contribution in [0.4, 0.5) is 8.78 Å². The highest BCUT2D eigenvalue weighted by Crippen LogP contribution is 2.49. The van der Waals surface area contributed by atoms with E-state index in [2.05, 4.69) is 20.8 Å². The number of unbranched alkanes of at least 4 members (excludes halogenated alkanes) is 4. The zero-order chi connectivity index (χ0) is 37.5. The first-order valence-corrected chi connectivity index (χ1v) is 20.5. The monoisotopic (exact) mass is 722 g/mol. The molecular formula is C44H64F2N2O4. The molecule has 6 rings (SSSR count). The number of esters is 2. The summed E-state index contributed by atoms with van der Waals surface area (Å²) in [6, 6.07) is 6.60. The van der Waals surface area contributed by atoms with Gasteiger partial charge >= 0.3 is 11.9 Å². The van der Waals surface area contributed by atoms with Crippen LogP contribution in [0.5, 0.6) is 11.5 Å². The molecule has 0 spiro atoms. The van der Waals surface area contributed by atoms with Crippen LogP contribution >= 0.6 is 0 Å². The summed E-state index contributed by atoms with van der Waals surface area (Å²) in [6.45, 7) is 8.50. The van der Waals surface area contributed by atoms with Gasteiger partial charge in [0.25, 0.3) is 0 Å². The predicted octanol–water partition coefficient (Wildman–Crippen LogP) is 10.1. The molecule has 6 nitrogen and oxygen atoms in total. The summed E-state index contributed by atoms with van der Waals surface area (Å²) in [5.41, 5.74) is 16.3. The van der Waals surface area contributed by atoms with Gasteiger partial charge in [-0.15, -0.1) is 0 Å². The van der Waals surface area contributed by atoms with E-state index in [0.717, 1.165) is 99.3 Å². The molecule has 6 atom stereocenters. The third kappa shape index (κ3) is 9.09. The van der Waals surface area contributed by atoms with Crippen molar-refractivity contribution >= 4 is 11.9 Å². The van der Waals surface area contributed by atoms with Gasteiger partial charge in [0.05, 0.1) is 0 Å². The summed E-state index contributed by atoms with van der Waals surface area (Å²) >= 11 is 0. The van der Waals surface area contributed by atoms with Crippen LogP contribution in [0, 0.1) is 23.5 Å². The Bertz CT molecular complexity index is 1550. The second-order valence-corrected chi connectivity index (χ2v) is 16.7. The highest BCUT2D eigenvalue weighted by Gasteiger charge is 2.46. The number of carbonyl (C=O) groups excluding carboxylic acids is 2. The van der Waals surface area contributed by atoms with Gasteiger partial charge in [0.1, 0.15) is 23.1 Å². The molecule has 0 unspecified atom stereocenters. The summed E-state index contributed by atoms with van der Waals surface area (Å²) < 4.78 is 40.7. The van der Waals surface area contributed by atoms with Crippen molar-refractivity contribution in [1.29, 1.82) is 0 Å². The zero-order valence-corrected chi connectivity index (χ0v) is 32.3. The van der Waals surface area contributed by atoms with E-state index in [-0.39, 0.29) is 46.5 Å². The lowest BCUT2D eigenvalue weighted by molar-refractivity contribution is -0.135. The van der Waals surface area contributed by atoms with Crippen LogP contribution in [0.15, 0.2) is 24.3 Å². The molecule has 2 aromatic carbocycles. The van der Waals surface area contributed by atoms with Gasteiger partial charge in [-0.25, -0.2) is 8.78 Å². The Kier molecular flexibility index (Phi) is 14.0.